The van der Waals surface area contributed by atoms with E-state index in [1.165, 1.54) is 6.92 Å². The van der Waals surface area contributed by atoms with Crippen LogP contribution in [-0.2, 0) is 23.9 Å². The topological polar surface area (TPSA) is 110 Å². The van der Waals surface area contributed by atoms with E-state index in [-0.39, 0.29) is 28.4 Å². The zero-order valence-electron chi connectivity index (χ0n) is 25.7. The number of methoxy groups -OCH3 is 1. The lowest BCUT2D eigenvalue weighted by molar-refractivity contribution is -0.204. The van der Waals surface area contributed by atoms with Crippen molar-refractivity contribution in [3.05, 3.63) is 47.1 Å². The van der Waals surface area contributed by atoms with Crippen LogP contribution in [0.1, 0.15) is 87.5 Å². The first-order valence-corrected chi connectivity index (χ1v) is 14.4. The number of ether oxygens (including phenoxy) is 2. The largest absolute Gasteiger partial charge is 0.481 e. The molecule has 0 bridgehead atoms. The summed E-state index contributed by atoms with van der Waals surface area (Å²) in [5.74, 6) is -1.43. The van der Waals surface area contributed by atoms with Crippen LogP contribution in [0, 0.1) is 28.1 Å². The van der Waals surface area contributed by atoms with Crippen molar-refractivity contribution in [3.63, 3.8) is 0 Å². The highest BCUT2D eigenvalue weighted by atomic mass is 16.5. The van der Waals surface area contributed by atoms with Crippen molar-refractivity contribution in [2.75, 3.05) is 7.11 Å². The second kappa shape index (κ2) is 11.4. The van der Waals surface area contributed by atoms with Crippen LogP contribution >= 0.6 is 0 Å². The quantitative estimate of drug-likeness (QED) is 0.215. The van der Waals surface area contributed by atoms with Crippen molar-refractivity contribution in [1.29, 1.82) is 0 Å². The molecule has 222 valence electrons. The van der Waals surface area contributed by atoms with E-state index in [0.29, 0.717) is 25.7 Å². The number of allylic oxidation sites excluding steroid dienone is 7. The maximum absolute atomic E-state index is 13.6. The van der Waals surface area contributed by atoms with Crippen molar-refractivity contribution < 1.29 is 34.1 Å². The third-order valence-corrected chi connectivity index (χ3v) is 10.2. The number of ketones is 1. The lowest BCUT2D eigenvalue weighted by atomic mass is 9.42. The Morgan fingerprint density at radius 1 is 1.05 bits per heavy atom. The molecule has 3 fully saturated rings. The fourth-order valence-corrected chi connectivity index (χ4v) is 8.25. The Hall–Kier alpha value is -2.51. The van der Waals surface area contributed by atoms with E-state index < -0.39 is 35.2 Å². The molecule has 40 heavy (non-hydrogen) atoms. The van der Waals surface area contributed by atoms with Crippen molar-refractivity contribution in [2.45, 2.75) is 105 Å². The number of carboxylic acids is 1. The van der Waals surface area contributed by atoms with Gasteiger partial charge >= 0.3 is 11.9 Å². The number of fused-ring (bicyclic) bond motifs is 3. The molecule has 3 unspecified atom stereocenters. The fraction of sp³-hybridized carbons (Fsp3) is 0.667. The minimum atomic E-state index is -1.20. The van der Waals surface area contributed by atoms with Crippen LogP contribution in [0.15, 0.2) is 47.1 Å². The molecule has 7 nitrogen and oxygen atoms in total. The first-order valence-electron chi connectivity index (χ1n) is 14.4. The summed E-state index contributed by atoms with van der Waals surface area (Å²) in [6.45, 7) is 14.8. The molecule has 3 aliphatic rings. The number of carbonyl (C=O) groups is 3. The smallest absolute Gasteiger partial charge is 0.313 e. The van der Waals surface area contributed by atoms with Crippen LogP contribution in [0.4, 0.5) is 0 Å². The number of aliphatic hydroxyl groups is 1. The van der Waals surface area contributed by atoms with Crippen molar-refractivity contribution in [2.24, 2.45) is 28.1 Å². The molecule has 0 saturated heterocycles. The summed E-state index contributed by atoms with van der Waals surface area (Å²) in [7, 11) is 1.57. The standard InChI is InChI=1S/C33H48O7/c1-20(13-14-26(39-9)30(4,5)38)11-10-12-21(2)28-23(35)19-25-31(6)18-16-27(40-22(3)34)33(8,29(36)37)24(31)15-17-32(25,28)7/h10-14,24-27,38H,15-19H2,1-9H3,(H,36,37)/b12-10+,14-13+,20-11-,28-21+/t24-,25+,26?,27?,31+,32+,33?/m1/s1. The van der Waals surface area contributed by atoms with Gasteiger partial charge in [0.15, 0.2) is 5.78 Å². The van der Waals surface area contributed by atoms with Gasteiger partial charge in [0.05, 0.1) is 5.60 Å². The number of Topliss-reactive ketones (excluding diaryl/α,β-unsaturated/α-hetero) is 1. The maximum Gasteiger partial charge on any atom is 0.313 e. The number of rotatable bonds is 8. The molecule has 0 aromatic rings. The Balaban J connectivity index is 1.90. The normalized spacial score (nSPS) is 36.9. The van der Waals surface area contributed by atoms with Crippen molar-refractivity contribution in [1.82, 2.24) is 0 Å². The summed E-state index contributed by atoms with van der Waals surface area (Å²) in [6.07, 6.45) is 11.5. The molecule has 0 spiro atoms. The minimum Gasteiger partial charge on any atom is -0.481 e. The van der Waals surface area contributed by atoms with E-state index in [1.807, 2.05) is 44.2 Å². The van der Waals surface area contributed by atoms with Crippen LogP contribution in [0.5, 0.6) is 0 Å². The Kier molecular flexibility index (Phi) is 9.12. The van der Waals surface area contributed by atoms with E-state index in [1.54, 1.807) is 27.9 Å². The van der Waals surface area contributed by atoms with E-state index in [0.717, 1.165) is 23.1 Å². The summed E-state index contributed by atoms with van der Waals surface area (Å²) >= 11 is 0. The van der Waals surface area contributed by atoms with Gasteiger partial charge in [0.2, 0.25) is 0 Å². The molecule has 0 aliphatic heterocycles. The average Bonchev–Trinajstić information content (AvgIpc) is 3.11. The van der Waals surface area contributed by atoms with Crippen molar-refractivity contribution in [3.8, 4) is 0 Å². The molecule has 3 rings (SSSR count). The molecule has 7 atom stereocenters. The Morgan fingerprint density at radius 2 is 1.70 bits per heavy atom. The molecule has 0 aromatic heterocycles. The maximum atomic E-state index is 13.6. The lowest BCUT2D eigenvalue weighted by Crippen LogP contribution is -2.61. The van der Waals surface area contributed by atoms with E-state index in [4.69, 9.17) is 9.47 Å². The van der Waals surface area contributed by atoms with Crippen molar-refractivity contribution >= 4 is 17.7 Å². The third-order valence-electron chi connectivity index (χ3n) is 10.2. The molecule has 0 heterocycles. The summed E-state index contributed by atoms with van der Waals surface area (Å²) < 4.78 is 10.9. The number of aliphatic carboxylic acids is 1. The lowest BCUT2D eigenvalue weighted by Gasteiger charge is -2.61. The zero-order chi connectivity index (χ0) is 30.3. The van der Waals surface area contributed by atoms with Gasteiger partial charge < -0.3 is 19.7 Å². The summed E-state index contributed by atoms with van der Waals surface area (Å²) in [6, 6.07) is 0. The molecule has 0 aromatic carbocycles. The van der Waals surface area contributed by atoms with Gasteiger partial charge in [-0.05, 0) is 83.1 Å². The van der Waals surface area contributed by atoms with E-state index >= 15 is 0 Å². The molecule has 7 heteroatoms. The van der Waals surface area contributed by atoms with Gasteiger partial charge in [-0.3, -0.25) is 14.4 Å². The SMILES string of the molecule is COC(/C=C/C(C)=C\C=C\C(C)=C1/C(=O)C[C@H]2[C@@]3(C)CCC(OC(C)=O)C(C)(C(=O)O)[C@@H]3CC[C@]12C)C(C)(C)O. The molecule has 2 N–H and O–H groups in total. The second-order valence-electron chi connectivity index (χ2n) is 13.4. The zero-order valence-corrected chi connectivity index (χ0v) is 25.7. The molecule has 0 amide bonds. The predicted octanol–water partition coefficient (Wildman–Crippen LogP) is 5.98. The first kappa shape index (κ1) is 32.0. The monoisotopic (exact) mass is 556 g/mol. The number of carbonyl (C=O) groups excluding carboxylic acids is 2. The summed E-state index contributed by atoms with van der Waals surface area (Å²) in [4.78, 5) is 38.1. The average molecular weight is 557 g/mol. The van der Waals surface area contributed by atoms with Crippen LogP contribution in [0.3, 0.4) is 0 Å². The molecular weight excluding hydrogens is 508 g/mol. The van der Waals surface area contributed by atoms with Gasteiger partial charge in [-0.15, -0.1) is 0 Å². The molecule has 0 radical (unpaired) electrons. The Labute approximate surface area is 239 Å². The highest BCUT2D eigenvalue weighted by molar-refractivity contribution is 6.01. The highest BCUT2D eigenvalue weighted by Gasteiger charge is 2.68. The van der Waals surface area contributed by atoms with Gasteiger partial charge in [-0.2, -0.15) is 0 Å². The fourth-order valence-electron chi connectivity index (χ4n) is 8.25. The highest BCUT2D eigenvalue weighted by Crippen LogP contribution is 2.69. The van der Waals surface area contributed by atoms with Crippen LogP contribution in [-0.4, -0.2) is 52.9 Å². The van der Waals surface area contributed by atoms with Gasteiger partial charge in [0.1, 0.15) is 17.6 Å². The van der Waals surface area contributed by atoms with Gasteiger partial charge in [-0.1, -0.05) is 49.8 Å². The molecule has 3 saturated carbocycles. The van der Waals surface area contributed by atoms with Gasteiger partial charge in [-0.25, -0.2) is 0 Å². The van der Waals surface area contributed by atoms with Gasteiger partial charge in [0.25, 0.3) is 0 Å². The van der Waals surface area contributed by atoms with Gasteiger partial charge in [0, 0.05) is 31.4 Å². The number of carboxylic acid groups (broad SMARTS) is 1. The summed E-state index contributed by atoms with van der Waals surface area (Å²) in [5.41, 5.74) is -0.129. The number of hydrogen-bond donors (Lipinski definition) is 2. The second-order valence-corrected chi connectivity index (χ2v) is 13.4. The van der Waals surface area contributed by atoms with Crippen LogP contribution in [0.25, 0.3) is 0 Å². The van der Waals surface area contributed by atoms with E-state index in [9.17, 15) is 24.6 Å². The molecular formula is C33H48O7. The predicted molar refractivity (Wildman–Crippen MR) is 154 cm³/mol. The number of hydrogen-bond acceptors (Lipinski definition) is 6. The third kappa shape index (κ3) is 5.64. The van der Waals surface area contributed by atoms with Crippen LogP contribution in [0.2, 0.25) is 0 Å². The van der Waals surface area contributed by atoms with E-state index in [2.05, 4.69) is 13.8 Å². The minimum absolute atomic E-state index is 0.0228. The van der Waals surface area contributed by atoms with Crippen LogP contribution < -0.4 is 0 Å². The Bertz CT molecular complexity index is 1150. The Morgan fingerprint density at radius 3 is 2.25 bits per heavy atom. The summed E-state index contributed by atoms with van der Waals surface area (Å²) in [5, 5.41) is 20.6. The molecule has 3 aliphatic carbocycles. The first-order chi connectivity index (χ1) is 18.4. The number of esters is 1.